The molecule has 0 saturated heterocycles. The molecule has 0 fully saturated rings. The van der Waals surface area contributed by atoms with Gasteiger partial charge in [-0.1, -0.05) is 18.6 Å². The van der Waals surface area contributed by atoms with Gasteiger partial charge in [-0.3, -0.25) is 4.79 Å². The molecule has 1 aliphatic carbocycles. The maximum atomic E-state index is 11.1. The second-order valence-corrected chi connectivity index (χ2v) is 3.37. The van der Waals surface area contributed by atoms with E-state index >= 15 is 0 Å². The summed E-state index contributed by atoms with van der Waals surface area (Å²) in [6.45, 7) is -0.222. The van der Waals surface area contributed by atoms with E-state index < -0.39 is 18.2 Å². The molecular weight excluding hydrogens is 152 g/mol. The van der Waals surface area contributed by atoms with Gasteiger partial charge >= 0.3 is 5.97 Å². The van der Waals surface area contributed by atoms with Crippen LogP contribution in [0.1, 0.15) is 43.6 Å². The van der Waals surface area contributed by atoms with E-state index in [1.165, 1.54) is 0 Å². The lowest BCUT2D eigenvalue weighted by atomic mass is 9.73. The monoisotopic (exact) mass is 171 g/mol. The number of aliphatic carboxylic acids is 1. The summed E-state index contributed by atoms with van der Waals surface area (Å²) in [5, 5.41) is 9.11. The van der Waals surface area contributed by atoms with Crippen LogP contribution in [-0.2, 0) is 4.79 Å². The van der Waals surface area contributed by atoms with Gasteiger partial charge in [0, 0.05) is 4.11 Å². The molecule has 1 N–H and O–H groups in total. The van der Waals surface area contributed by atoms with Crippen molar-refractivity contribution in [2.24, 2.45) is 5.41 Å². The highest BCUT2D eigenvalue weighted by Gasteiger charge is 2.36. The van der Waals surface area contributed by atoms with Gasteiger partial charge in [0.2, 0.25) is 0 Å². The van der Waals surface area contributed by atoms with Gasteiger partial charge in [0.05, 0.1) is 5.41 Å². The van der Waals surface area contributed by atoms with Crippen molar-refractivity contribution in [3.8, 4) is 0 Å². The predicted octanol–water partition coefficient (Wildman–Crippen LogP) is 2.60. The average molecular weight is 171 g/mol. The fourth-order valence-corrected chi connectivity index (χ4v) is 1.56. The fraction of sp³-hybridized carbons (Fsp3) is 0.700. The molecule has 0 radical (unpaired) electrons. The Morgan fingerprint density at radius 2 is 2.67 bits per heavy atom. The lowest BCUT2D eigenvalue weighted by molar-refractivity contribution is -0.149. The molecular formula is C10H16O2. The molecule has 0 spiro atoms. The molecule has 0 heterocycles. The first-order valence-electron chi connectivity index (χ1n) is 5.75. The molecule has 0 amide bonds. The second kappa shape index (κ2) is 3.30. The molecule has 2 heteroatoms. The van der Waals surface area contributed by atoms with Gasteiger partial charge in [-0.2, -0.15) is 0 Å². The molecule has 0 aromatic carbocycles. The van der Waals surface area contributed by atoms with Gasteiger partial charge in [-0.05, 0) is 32.5 Å². The SMILES string of the molecule is [2H]C([2H])([2H])C1=CCC(CC)(C(=O)O)CC1. The van der Waals surface area contributed by atoms with Gasteiger partial charge in [0.1, 0.15) is 0 Å². The van der Waals surface area contributed by atoms with Crippen LogP contribution in [0.2, 0.25) is 0 Å². The molecule has 0 aromatic heterocycles. The molecule has 12 heavy (non-hydrogen) atoms. The molecule has 68 valence electrons. The third-order valence-corrected chi connectivity index (χ3v) is 2.74. The molecule has 0 saturated carbocycles. The van der Waals surface area contributed by atoms with Crippen LogP contribution in [-0.4, -0.2) is 11.1 Å². The Hall–Kier alpha value is -0.790. The Bertz CT molecular complexity index is 294. The maximum absolute atomic E-state index is 11.1. The number of carboxylic acid groups (broad SMARTS) is 1. The summed E-state index contributed by atoms with van der Waals surface area (Å²) in [6, 6.07) is 0. The van der Waals surface area contributed by atoms with Crippen molar-refractivity contribution in [2.45, 2.75) is 39.5 Å². The van der Waals surface area contributed by atoms with Crippen LogP contribution in [0, 0.1) is 5.41 Å². The van der Waals surface area contributed by atoms with Crippen LogP contribution in [0.3, 0.4) is 0 Å². The predicted molar refractivity (Wildman–Crippen MR) is 48.0 cm³/mol. The summed E-state index contributed by atoms with van der Waals surface area (Å²) in [5.41, 5.74) is -0.331. The molecule has 1 rings (SSSR count). The summed E-state index contributed by atoms with van der Waals surface area (Å²) < 4.78 is 21.7. The quantitative estimate of drug-likeness (QED) is 0.648. The normalized spacial score (nSPS) is 34.4. The third kappa shape index (κ3) is 1.52. The zero-order valence-electron chi connectivity index (χ0n) is 10.3. The van der Waals surface area contributed by atoms with E-state index in [0.717, 1.165) is 0 Å². The van der Waals surface area contributed by atoms with Gasteiger partial charge in [0.15, 0.2) is 0 Å². The van der Waals surface area contributed by atoms with Crippen molar-refractivity contribution in [2.75, 3.05) is 0 Å². The van der Waals surface area contributed by atoms with Crippen molar-refractivity contribution in [3.63, 3.8) is 0 Å². The van der Waals surface area contributed by atoms with Crippen LogP contribution in [0.5, 0.6) is 0 Å². The smallest absolute Gasteiger partial charge is 0.309 e. The highest BCUT2D eigenvalue weighted by atomic mass is 16.4. The highest BCUT2D eigenvalue weighted by molar-refractivity contribution is 5.75. The van der Waals surface area contributed by atoms with Crippen molar-refractivity contribution in [3.05, 3.63) is 11.6 Å². The summed E-state index contributed by atoms with van der Waals surface area (Å²) in [4.78, 5) is 11.1. The van der Waals surface area contributed by atoms with E-state index in [2.05, 4.69) is 0 Å². The molecule has 1 unspecified atom stereocenters. The van der Waals surface area contributed by atoms with Gasteiger partial charge in [-0.15, -0.1) is 0 Å². The molecule has 2 nitrogen and oxygen atoms in total. The summed E-state index contributed by atoms with van der Waals surface area (Å²) in [5.74, 6) is -0.814. The Balaban J connectivity index is 2.84. The lowest BCUT2D eigenvalue weighted by Gasteiger charge is -2.30. The van der Waals surface area contributed by atoms with Crippen molar-refractivity contribution >= 4 is 5.97 Å². The zero-order valence-corrected chi connectivity index (χ0v) is 7.26. The maximum Gasteiger partial charge on any atom is 0.309 e. The van der Waals surface area contributed by atoms with Crippen LogP contribution < -0.4 is 0 Å². The van der Waals surface area contributed by atoms with E-state index in [1.54, 1.807) is 6.08 Å². The lowest BCUT2D eigenvalue weighted by Crippen LogP contribution is -2.31. The Labute approximate surface area is 77.5 Å². The number of allylic oxidation sites excluding steroid dienone is 2. The van der Waals surface area contributed by atoms with E-state index in [1.807, 2.05) is 6.92 Å². The highest BCUT2D eigenvalue weighted by Crippen LogP contribution is 2.38. The van der Waals surface area contributed by atoms with Gasteiger partial charge in [-0.25, -0.2) is 0 Å². The first kappa shape index (κ1) is 5.79. The van der Waals surface area contributed by atoms with Crippen molar-refractivity contribution in [1.29, 1.82) is 0 Å². The van der Waals surface area contributed by atoms with Crippen LogP contribution in [0.25, 0.3) is 0 Å². The number of carboxylic acids is 1. The Kier molecular flexibility index (Phi) is 1.59. The first-order chi connectivity index (χ1) is 6.82. The largest absolute Gasteiger partial charge is 0.481 e. The molecule has 0 aliphatic heterocycles. The average Bonchev–Trinajstić information content (AvgIpc) is 2.16. The van der Waals surface area contributed by atoms with Crippen molar-refractivity contribution in [1.82, 2.24) is 0 Å². The first-order valence-corrected chi connectivity index (χ1v) is 4.25. The van der Waals surface area contributed by atoms with Crippen LogP contribution in [0.4, 0.5) is 0 Å². The standard InChI is InChI=1S/C10H16O2/c1-3-10(9(11)12)6-4-8(2)5-7-10/h4H,3,5-7H2,1-2H3,(H,11,12)/i2D3. The van der Waals surface area contributed by atoms with Crippen LogP contribution in [0.15, 0.2) is 11.6 Å². The molecule has 0 aromatic rings. The zero-order chi connectivity index (χ0) is 11.7. The molecule has 1 aliphatic rings. The van der Waals surface area contributed by atoms with E-state index in [9.17, 15) is 4.79 Å². The minimum absolute atomic E-state index is 0.340. The topological polar surface area (TPSA) is 37.3 Å². The minimum Gasteiger partial charge on any atom is -0.481 e. The van der Waals surface area contributed by atoms with E-state index in [4.69, 9.17) is 9.22 Å². The summed E-state index contributed by atoms with van der Waals surface area (Å²) in [6.07, 6.45) is 3.29. The van der Waals surface area contributed by atoms with E-state index in [-0.39, 0.29) is 0 Å². The molecule has 1 atom stereocenters. The summed E-state index contributed by atoms with van der Waals surface area (Å²) >= 11 is 0. The molecule has 0 bridgehead atoms. The van der Waals surface area contributed by atoms with Crippen molar-refractivity contribution < 1.29 is 14.0 Å². The summed E-state index contributed by atoms with van der Waals surface area (Å²) in [7, 11) is 0. The third-order valence-electron chi connectivity index (χ3n) is 2.74. The van der Waals surface area contributed by atoms with E-state index in [0.29, 0.717) is 31.3 Å². The van der Waals surface area contributed by atoms with Crippen LogP contribution >= 0.6 is 0 Å². The minimum atomic E-state index is -2.06. The fourth-order valence-electron chi connectivity index (χ4n) is 1.56. The number of carbonyl (C=O) groups is 1. The number of rotatable bonds is 2. The Morgan fingerprint density at radius 3 is 3.00 bits per heavy atom. The Morgan fingerprint density at radius 1 is 1.92 bits per heavy atom. The number of hydrogen-bond acceptors (Lipinski definition) is 1. The van der Waals surface area contributed by atoms with Gasteiger partial charge in [0.25, 0.3) is 0 Å². The second-order valence-electron chi connectivity index (χ2n) is 3.37. The van der Waals surface area contributed by atoms with Gasteiger partial charge < -0.3 is 5.11 Å². The number of hydrogen-bond donors (Lipinski definition) is 1.